The van der Waals surface area contributed by atoms with Gasteiger partial charge >= 0.3 is 0 Å². The molecule has 114 valence electrons. The average Bonchev–Trinajstić information content (AvgIpc) is 2.77. The predicted octanol–water partition coefficient (Wildman–Crippen LogP) is 3.54. The highest BCUT2D eigenvalue weighted by molar-refractivity contribution is 6.35. The molecule has 3 aromatic rings. The fourth-order valence-corrected chi connectivity index (χ4v) is 2.88. The summed E-state index contributed by atoms with van der Waals surface area (Å²) in [6.45, 7) is 6.69. The van der Waals surface area contributed by atoms with Gasteiger partial charge in [0.2, 0.25) is 0 Å². The van der Waals surface area contributed by atoms with Crippen molar-refractivity contribution in [2.24, 2.45) is 0 Å². The molecule has 3 heterocycles. The van der Waals surface area contributed by atoms with Crippen molar-refractivity contribution >= 4 is 28.5 Å². The Labute approximate surface area is 134 Å². The highest BCUT2D eigenvalue weighted by Crippen LogP contribution is 2.31. The van der Waals surface area contributed by atoms with Gasteiger partial charge in [-0.3, -0.25) is 0 Å². The molecule has 0 radical (unpaired) electrons. The van der Waals surface area contributed by atoms with Crippen LogP contribution < -0.4 is 5.73 Å². The second-order valence-electron chi connectivity index (χ2n) is 5.66. The van der Waals surface area contributed by atoms with Crippen LogP contribution in [0.2, 0.25) is 5.02 Å². The summed E-state index contributed by atoms with van der Waals surface area (Å²) in [5, 5.41) is 1.59. The number of hydrogen-bond acceptors (Lipinski definition) is 4. The molecule has 0 aliphatic heterocycles. The summed E-state index contributed by atoms with van der Waals surface area (Å²) in [7, 11) is 0. The summed E-state index contributed by atoms with van der Waals surface area (Å²) in [5.74, 6) is 1.54. The number of halogens is 1. The predicted molar refractivity (Wildman–Crippen MR) is 89.1 cm³/mol. The van der Waals surface area contributed by atoms with Crippen LogP contribution >= 0.6 is 11.6 Å². The van der Waals surface area contributed by atoms with E-state index in [9.17, 15) is 0 Å². The fraction of sp³-hybridized carbons (Fsp3) is 0.312. The highest BCUT2D eigenvalue weighted by Gasteiger charge is 2.17. The number of aryl methyl sites for hydroxylation is 1. The summed E-state index contributed by atoms with van der Waals surface area (Å²) in [4.78, 5) is 13.2. The van der Waals surface area contributed by atoms with E-state index in [1.54, 1.807) is 6.20 Å². The van der Waals surface area contributed by atoms with E-state index in [2.05, 4.69) is 28.8 Å². The maximum Gasteiger partial charge on any atom is 0.145 e. The molecule has 3 rings (SSSR count). The molecule has 0 unspecified atom stereocenters. The van der Waals surface area contributed by atoms with Crippen molar-refractivity contribution in [1.29, 1.82) is 0 Å². The van der Waals surface area contributed by atoms with Crippen molar-refractivity contribution in [2.75, 3.05) is 5.73 Å². The summed E-state index contributed by atoms with van der Waals surface area (Å²) in [6.07, 6.45) is 3.57. The van der Waals surface area contributed by atoms with E-state index in [-0.39, 0.29) is 5.92 Å². The van der Waals surface area contributed by atoms with E-state index < -0.39 is 0 Å². The lowest BCUT2D eigenvalue weighted by atomic mass is 10.1. The highest BCUT2D eigenvalue weighted by atomic mass is 35.5. The SMILES string of the molecule is Cc1nc(C(C)C)c2c(Cl)cn(Cc3cccnc3N)c2n1. The quantitative estimate of drug-likeness (QED) is 0.802. The van der Waals surface area contributed by atoms with Crippen LogP contribution in [-0.4, -0.2) is 19.5 Å². The summed E-state index contributed by atoms with van der Waals surface area (Å²) >= 11 is 6.44. The van der Waals surface area contributed by atoms with Crippen LogP contribution in [0.5, 0.6) is 0 Å². The van der Waals surface area contributed by atoms with E-state index in [0.29, 0.717) is 17.4 Å². The van der Waals surface area contributed by atoms with Crippen molar-refractivity contribution in [1.82, 2.24) is 19.5 Å². The van der Waals surface area contributed by atoms with Crippen LogP contribution in [0, 0.1) is 6.92 Å². The van der Waals surface area contributed by atoms with Crippen LogP contribution in [0.15, 0.2) is 24.5 Å². The van der Waals surface area contributed by atoms with E-state index in [1.165, 1.54) is 0 Å². The zero-order chi connectivity index (χ0) is 15.9. The van der Waals surface area contributed by atoms with Gasteiger partial charge in [0.1, 0.15) is 17.3 Å². The number of fused-ring (bicyclic) bond motifs is 1. The second kappa shape index (κ2) is 5.57. The number of aromatic nitrogens is 4. The Morgan fingerprint density at radius 1 is 1.32 bits per heavy atom. The Hall–Kier alpha value is -2.14. The molecule has 0 aliphatic rings. The van der Waals surface area contributed by atoms with Crippen LogP contribution in [0.3, 0.4) is 0 Å². The molecular weight excluding hydrogens is 298 g/mol. The molecule has 0 amide bonds. The van der Waals surface area contributed by atoms with Crippen molar-refractivity contribution in [3.63, 3.8) is 0 Å². The molecule has 22 heavy (non-hydrogen) atoms. The smallest absolute Gasteiger partial charge is 0.145 e. The largest absolute Gasteiger partial charge is 0.383 e. The lowest BCUT2D eigenvalue weighted by molar-refractivity contribution is 0.796. The topological polar surface area (TPSA) is 69.6 Å². The molecule has 0 fully saturated rings. The average molecular weight is 316 g/mol. The van der Waals surface area contributed by atoms with E-state index in [4.69, 9.17) is 17.3 Å². The zero-order valence-corrected chi connectivity index (χ0v) is 13.6. The first-order valence-corrected chi connectivity index (χ1v) is 7.57. The third kappa shape index (κ3) is 2.52. The Balaban J connectivity index is 2.18. The van der Waals surface area contributed by atoms with Gasteiger partial charge in [-0.2, -0.15) is 0 Å². The molecular formula is C16H18ClN5. The number of hydrogen-bond donors (Lipinski definition) is 1. The monoisotopic (exact) mass is 315 g/mol. The van der Waals surface area contributed by atoms with Gasteiger partial charge in [0.15, 0.2) is 0 Å². The maximum absolute atomic E-state index is 6.44. The van der Waals surface area contributed by atoms with Gasteiger partial charge in [0.25, 0.3) is 0 Å². The number of nitrogen functional groups attached to an aromatic ring is 1. The minimum Gasteiger partial charge on any atom is -0.383 e. The molecule has 0 bridgehead atoms. The van der Waals surface area contributed by atoms with Crippen molar-refractivity contribution in [3.8, 4) is 0 Å². The number of rotatable bonds is 3. The minimum atomic E-state index is 0.279. The molecule has 0 atom stereocenters. The minimum absolute atomic E-state index is 0.279. The Morgan fingerprint density at radius 3 is 2.77 bits per heavy atom. The summed E-state index contributed by atoms with van der Waals surface area (Å²) < 4.78 is 2.01. The van der Waals surface area contributed by atoms with Crippen molar-refractivity contribution < 1.29 is 0 Å². The molecule has 0 saturated heterocycles. The summed E-state index contributed by atoms with van der Waals surface area (Å²) in [5.41, 5.74) is 8.69. The first-order chi connectivity index (χ1) is 10.5. The number of nitrogens with zero attached hydrogens (tertiary/aromatic N) is 4. The lowest BCUT2D eigenvalue weighted by Gasteiger charge is -2.10. The summed E-state index contributed by atoms with van der Waals surface area (Å²) in [6, 6.07) is 3.83. The molecule has 3 aromatic heterocycles. The molecule has 0 saturated carbocycles. The number of pyridine rings is 1. The van der Waals surface area contributed by atoms with Crippen LogP contribution in [-0.2, 0) is 6.54 Å². The normalized spacial score (nSPS) is 11.5. The van der Waals surface area contributed by atoms with Crippen molar-refractivity contribution in [2.45, 2.75) is 33.2 Å². The fourth-order valence-electron chi connectivity index (χ4n) is 2.58. The van der Waals surface area contributed by atoms with Crippen LogP contribution in [0.1, 0.15) is 36.8 Å². The van der Waals surface area contributed by atoms with E-state index >= 15 is 0 Å². The molecule has 5 nitrogen and oxygen atoms in total. The number of nitrogens with two attached hydrogens (primary N) is 1. The Bertz CT molecular complexity index is 838. The van der Waals surface area contributed by atoms with E-state index in [0.717, 1.165) is 28.1 Å². The Kier molecular flexibility index (Phi) is 3.74. The van der Waals surface area contributed by atoms with Gasteiger partial charge in [-0.05, 0) is 18.9 Å². The first kappa shape index (κ1) is 14.8. The zero-order valence-electron chi connectivity index (χ0n) is 12.8. The van der Waals surface area contributed by atoms with E-state index in [1.807, 2.05) is 29.8 Å². The van der Waals surface area contributed by atoms with Gasteiger partial charge in [0, 0.05) is 18.0 Å². The molecule has 6 heteroatoms. The maximum atomic E-state index is 6.44. The lowest BCUT2D eigenvalue weighted by Crippen LogP contribution is -2.06. The van der Waals surface area contributed by atoms with Crippen LogP contribution in [0.25, 0.3) is 11.0 Å². The third-order valence-electron chi connectivity index (χ3n) is 3.62. The van der Waals surface area contributed by atoms with Gasteiger partial charge < -0.3 is 10.3 Å². The molecule has 0 spiro atoms. The molecule has 2 N–H and O–H groups in total. The first-order valence-electron chi connectivity index (χ1n) is 7.19. The van der Waals surface area contributed by atoms with Gasteiger partial charge in [0.05, 0.1) is 22.6 Å². The Morgan fingerprint density at radius 2 is 2.09 bits per heavy atom. The van der Waals surface area contributed by atoms with Crippen LogP contribution in [0.4, 0.5) is 5.82 Å². The number of anilines is 1. The standard InChI is InChI=1S/C16H18ClN5/c1-9(2)14-13-12(17)8-22(16(13)21-10(3)20-14)7-11-5-4-6-19-15(11)18/h4-6,8-9H,7H2,1-3H3,(H2,18,19). The van der Waals surface area contributed by atoms with Gasteiger partial charge in [-0.15, -0.1) is 0 Å². The van der Waals surface area contributed by atoms with Gasteiger partial charge in [-0.25, -0.2) is 15.0 Å². The third-order valence-corrected chi connectivity index (χ3v) is 3.91. The molecule has 0 aliphatic carbocycles. The molecule has 0 aromatic carbocycles. The van der Waals surface area contributed by atoms with Gasteiger partial charge in [-0.1, -0.05) is 31.5 Å². The second-order valence-corrected chi connectivity index (χ2v) is 6.07. The van der Waals surface area contributed by atoms with Crippen molar-refractivity contribution in [3.05, 3.63) is 46.6 Å².